The van der Waals surface area contributed by atoms with E-state index in [1.165, 1.54) is 4.90 Å². The standard InChI is InChI=1S/C30H35N5O5/c1-35(30(39)40-18-26-24-9-4-2-7-22(24)23-8-3-5-10-25(23)26)16-20-15-21(13-12-19(20)17-36)34-28(37)27(31)11-6-14-33-29(32)38/h2-5,7-10,12-13,15,26-27,36H,6,11,14,16-18,31H2,1H3,(H,34,37)(H3,32,33,38)/t27-/m0/s1. The second kappa shape index (κ2) is 13.1. The highest BCUT2D eigenvalue weighted by Gasteiger charge is 2.29. The molecule has 1 atom stereocenters. The van der Waals surface area contributed by atoms with E-state index in [1.54, 1.807) is 25.2 Å². The van der Waals surface area contributed by atoms with Crippen LogP contribution in [-0.2, 0) is 22.7 Å². The largest absolute Gasteiger partial charge is 0.448 e. The monoisotopic (exact) mass is 545 g/mol. The number of hydrogen-bond acceptors (Lipinski definition) is 6. The molecular formula is C30H35N5O5. The normalized spacial score (nSPS) is 12.7. The van der Waals surface area contributed by atoms with Gasteiger partial charge in [-0.05, 0) is 58.4 Å². The number of urea groups is 1. The Bertz CT molecular complexity index is 1330. The van der Waals surface area contributed by atoms with Crippen molar-refractivity contribution in [3.05, 3.63) is 89.0 Å². The summed E-state index contributed by atoms with van der Waals surface area (Å²) >= 11 is 0. The zero-order valence-corrected chi connectivity index (χ0v) is 22.4. The van der Waals surface area contributed by atoms with E-state index >= 15 is 0 Å². The van der Waals surface area contributed by atoms with Gasteiger partial charge in [-0.15, -0.1) is 0 Å². The molecule has 0 aliphatic heterocycles. The zero-order chi connectivity index (χ0) is 28.6. The van der Waals surface area contributed by atoms with Crippen molar-refractivity contribution in [2.24, 2.45) is 11.5 Å². The van der Waals surface area contributed by atoms with Crippen LogP contribution in [0.2, 0.25) is 0 Å². The van der Waals surface area contributed by atoms with Crippen molar-refractivity contribution in [1.29, 1.82) is 0 Å². The van der Waals surface area contributed by atoms with Gasteiger partial charge in [-0.1, -0.05) is 54.6 Å². The molecule has 10 nitrogen and oxygen atoms in total. The van der Waals surface area contributed by atoms with Gasteiger partial charge in [-0.3, -0.25) is 4.79 Å². The summed E-state index contributed by atoms with van der Waals surface area (Å²) in [4.78, 5) is 37.7. The molecule has 0 unspecified atom stereocenters. The summed E-state index contributed by atoms with van der Waals surface area (Å²) < 4.78 is 5.74. The van der Waals surface area contributed by atoms with E-state index in [0.717, 1.165) is 22.3 Å². The highest BCUT2D eigenvalue weighted by atomic mass is 16.6. The fourth-order valence-electron chi connectivity index (χ4n) is 4.93. The number of nitrogens with two attached hydrogens (primary N) is 2. The molecule has 7 N–H and O–H groups in total. The topological polar surface area (TPSA) is 160 Å². The van der Waals surface area contributed by atoms with Gasteiger partial charge in [0.15, 0.2) is 0 Å². The SMILES string of the molecule is CN(Cc1cc(NC(=O)[C@@H](N)CCCNC(N)=O)ccc1CO)C(=O)OCC1c2ccccc2-c2ccccc21. The van der Waals surface area contributed by atoms with Gasteiger partial charge < -0.3 is 36.8 Å². The number of carbonyl (C=O) groups is 3. The van der Waals surface area contributed by atoms with Crippen LogP contribution < -0.4 is 22.1 Å². The van der Waals surface area contributed by atoms with Crippen LogP contribution in [0, 0.1) is 0 Å². The molecule has 0 spiro atoms. The lowest BCUT2D eigenvalue weighted by atomic mass is 9.98. The fraction of sp³-hybridized carbons (Fsp3) is 0.300. The van der Waals surface area contributed by atoms with Crippen LogP contribution in [-0.4, -0.2) is 54.3 Å². The van der Waals surface area contributed by atoms with E-state index < -0.39 is 18.2 Å². The molecule has 1 aliphatic rings. The van der Waals surface area contributed by atoms with Gasteiger partial charge in [0.25, 0.3) is 0 Å². The summed E-state index contributed by atoms with van der Waals surface area (Å²) in [6, 6.07) is 19.9. The van der Waals surface area contributed by atoms with Crippen LogP contribution in [0.15, 0.2) is 66.7 Å². The van der Waals surface area contributed by atoms with Crippen molar-refractivity contribution < 1.29 is 24.2 Å². The molecule has 0 saturated carbocycles. The molecule has 1 aliphatic carbocycles. The summed E-state index contributed by atoms with van der Waals surface area (Å²) in [6.45, 7) is 0.469. The summed E-state index contributed by atoms with van der Waals surface area (Å²) in [7, 11) is 1.63. The van der Waals surface area contributed by atoms with E-state index in [0.29, 0.717) is 36.2 Å². The summed E-state index contributed by atoms with van der Waals surface area (Å²) in [5, 5.41) is 15.1. The van der Waals surface area contributed by atoms with E-state index in [9.17, 15) is 19.5 Å². The number of fused-ring (bicyclic) bond motifs is 3. The molecular weight excluding hydrogens is 510 g/mol. The van der Waals surface area contributed by atoms with Gasteiger partial charge >= 0.3 is 12.1 Å². The maximum Gasteiger partial charge on any atom is 0.409 e. The lowest BCUT2D eigenvalue weighted by Gasteiger charge is -2.21. The number of nitrogens with one attached hydrogen (secondary N) is 2. The number of ether oxygens (including phenoxy) is 1. The Morgan fingerprint density at radius 3 is 2.27 bits per heavy atom. The number of anilines is 1. The molecule has 0 radical (unpaired) electrons. The average Bonchev–Trinajstić information content (AvgIpc) is 3.27. The Kier molecular flexibility index (Phi) is 9.36. The predicted molar refractivity (Wildman–Crippen MR) is 152 cm³/mol. The first-order valence-corrected chi connectivity index (χ1v) is 13.2. The zero-order valence-electron chi connectivity index (χ0n) is 22.4. The van der Waals surface area contributed by atoms with Crippen molar-refractivity contribution in [2.45, 2.75) is 38.0 Å². The molecule has 10 heteroatoms. The number of hydrogen-bond donors (Lipinski definition) is 5. The average molecular weight is 546 g/mol. The molecule has 210 valence electrons. The van der Waals surface area contributed by atoms with Crippen molar-refractivity contribution in [3.8, 4) is 11.1 Å². The van der Waals surface area contributed by atoms with E-state index in [2.05, 4.69) is 34.9 Å². The summed E-state index contributed by atoms with van der Waals surface area (Å²) in [6.07, 6.45) is 0.363. The van der Waals surface area contributed by atoms with Crippen LogP contribution in [0.4, 0.5) is 15.3 Å². The lowest BCUT2D eigenvalue weighted by Crippen LogP contribution is -2.37. The number of aliphatic hydroxyl groups excluding tert-OH is 1. The molecule has 3 aromatic rings. The maximum absolute atomic E-state index is 13.0. The van der Waals surface area contributed by atoms with Crippen LogP contribution in [0.1, 0.15) is 41.0 Å². The maximum atomic E-state index is 13.0. The smallest absolute Gasteiger partial charge is 0.409 e. The molecule has 0 bridgehead atoms. The summed E-state index contributed by atoms with van der Waals surface area (Å²) in [5.41, 5.74) is 17.4. The van der Waals surface area contributed by atoms with Crippen LogP contribution in [0.25, 0.3) is 11.1 Å². The molecule has 0 heterocycles. The molecule has 0 saturated heterocycles. The molecule has 0 fully saturated rings. The number of rotatable bonds is 11. The van der Waals surface area contributed by atoms with Gasteiger partial charge in [-0.25, -0.2) is 9.59 Å². The van der Waals surface area contributed by atoms with Crippen LogP contribution >= 0.6 is 0 Å². The Labute approximate surface area is 233 Å². The van der Waals surface area contributed by atoms with Gasteiger partial charge in [0.2, 0.25) is 5.91 Å². The van der Waals surface area contributed by atoms with E-state index in [4.69, 9.17) is 16.2 Å². The third-order valence-electron chi connectivity index (χ3n) is 7.03. The summed E-state index contributed by atoms with van der Waals surface area (Å²) in [5.74, 6) is -0.432. The van der Waals surface area contributed by atoms with Crippen LogP contribution in [0.5, 0.6) is 0 Å². The molecule has 4 rings (SSSR count). The third-order valence-corrected chi connectivity index (χ3v) is 7.03. The Morgan fingerprint density at radius 2 is 1.65 bits per heavy atom. The van der Waals surface area contributed by atoms with Crippen molar-refractivity contribution in [2.75, 3.05) is 25.5 Å². The minimum atomic E-state index is -0.779. The van der Waals surface area contributed by atoms with Gasteiger partial charge in [0.1, 0.15) is 6.61 Å². The first kappa shape index (κ1) is 28.6. The number of amides is 4. The number of benzene rings is 3. The third kappa shape index (κ3) is 6.77. The second-order valence-electron chi connectivity index (χ2n) is 9.83. The Balaban J connectivity index is 1.36. The first-order chi connectivity index (χ1) is 19.3. The Hall–Kier alpha value is -4.41. The van der Waals surface area contributed by atoms with Gasteiger partial charge in [0, 0.05) is 31.7 Å². The molecule has 3 aromatic carbocycles. The second-order valence-corrected chi connectivity index (χ2v) is 9.83. The van der Waals surface area contributed by atoms with Gasteiger partial charge in [0.05, 0.1) is 12.6 Å². The minimum Gasteiger partial charge on any atom is -0.448 e. The predicted octanol–water partition coefficient (Wildman–Crippen LogP) is 3.27. The quantitative estimate of drug-likeness (QED) is 0.233. The minimum absolute atomic E-state index is 0.0490. The first-order valence-electron chi connectivity index (χ1n) is 13.2. The highest BCUT2D eigenvalue weighted by molar-refractivity contribution is 5.94. The van der Waals surface area contributed by atoms with Crippen molar-refractivity contribution >= 4 is 23.7 Å². The molecule has 0 aromatic heterocycles. The lowest BCUT2D eigenvalue weighted by molar-refractivity contribution is -0.117. The molecule has 4 amide bonds. The molecule has 40 heavy (non-hydrogen) atoms. The number of carbonyl (C=O) groups excluding carboxylic acids is 3. The Morgan fingerprint density at radius 1 is 1.00 bits per heavy atom. The van der Waals surface area contributed by atoms with E-state index in [-0.39, 0.29) is 31.6 Å². The van der Waals surface area contributed by atoms with Gasteiger partial charge in [-0.2, -0.15) is 0 Å². The fourth-order valence-corrected chi connectivity index (χ4v) is 4.93. The van der Waals surface area contributed by atoms with Crippen LogP contribution in [0.3, 0.4) is 0 Å². The number of primary amides is 1. The van der Waals surface area contributed by atoms with E-state index in [1.807, 2.05) is 24.3 Å². The number of aliphatic hydroxyl groups is 1. The van der Waals surface area contributed by atoms with Crippen molar-refractivity contribution in [3.63, 3.8) is 0 Å². The van der Waals surface area contributed by atoms with Crippen molar-refractivity contribution in [1.82, 2.24) is 10.2 Å². The highest BCUT2D eigenvalue weighted by Crippen LogP contribution is 2.44. The number of nitrogens with zero attached hydrogens (tertiary/aromatic N) is 1.